The van der Waals surface area contributed by atoms with Crippen LogP contribution in [0.3, 0.4) is 0 Å². The van der Waals surface area contributed by atoms with E-state index in [0.717, 1.165) is 31.5 Å². The van der Waals surface area contributed by atoms with Crippen LogP contribution >= 0.6 is 0 Å². The Morgan fingerprint density at radius 1 is 1.40 bits per heavy atom. The molecule has 82 valence electrons. The van der Waals surface area contributed by atoms with Gasteiger partial charge in [0.15, 0.2) is 0 Å². The Bertz CT molecular complexity index is 339. The van der Waals surface area contributed by atoms with Crippen molar-refractivity contribution < 1.29 is 4.79 Å². The van der Waals surface area contributed by atoms with Gasteiger partial charge in [-0.2, -0.15) is 0 Å². The zero-order valence-corrected chi connectivity index (χ0v) is 8.85. The number of carbonyl (C=O) groups excluding carboxylic acids is 1. The number of aromatic nitrogens is 1. The predicted octanol–water partition coefficient (Wildman–Crippen LogP) is 0.569. The van der Waals surface area contributed by atoms with Gasteiger partial charge in [0.1, 0.15) is 6.54 Å². The average Bonchev–Trinajstić information content (AvgIpc) is 2.87. The predicted molar refractivity (Wildman–Crippen MR) is 58.1 cm³/mol. The van der Waals surface area contributed by atoms with Gasteiger partial charge < -0.3 is 15.2 Å². The van der Waals surface area contributed by atoms with Crippen LogP contribution in [0.15, 0.2) is 18.5 Å². The van der Waals surface area contributed by atoms with Gasteiger partial charge in [-0.25, -0.2) is 0 Å². The number of nitrogens with two attached hydrogens (primary N) is 1. The van der Waals surface area contributed by atoms with Gasteiger partial charge in [0.25, 0.3) is 0 Å². The van der Waals surface area contributed by atoms with Crippen LogP contribution in [-0.4, -0.2) is 28.5 Å². The van der Waals surface area contributed by atoms with Crippen LogP contribution in [0.5, 0.6) is 0 Å². The molecule has 1 aromatic heterocycles. The third-order valence-corrected chi connectivity index (χ3v) is 2.82. The van der Waals surface area contributed by atoms with Crippen molar-refractivity contribution in [1.82, 2.24) is 9.47 Å². The Balaban J connectivity index is 1.92. The summed E-state index contributed by atoms with van der Waals surface area (Å²) in [6.45, 7) is 2.82. The van der Waals surface area contributed by atoms with Crippen LogP contribution in [0, 0.1) is 0 Å². The van der Waals surface area contributed by atoms with E-state index in [-0.39, 0.29) is 5.91 Å². The third kappa shape index (κ3) is 2.39. The maximum Gasteiger partial charge on any atom is 0.242 e. The molecule has 0 radical (unpaired) electrons. The van der Waals surface area contributed by atoms with Crippen molar-refractivity contribution in [3.8, 4) is 0 Å². The highest BCUT2D eigenvalue weighted by atomic mass is 16.2. The van der Waals surface area contributed by atoms with Gasteiger partial charge >= 0.3 is 0 Å². The summed E-state index contributed by atoms with van der Waals surface area (Å²) in [5.74, 6) is 0.215. The summed E-state index contributed by atoms with van der Waals surface area (Å²) in [7, 11) is 0. The Hall–Kier alpha value is -1.29. The summed E-state index contributed by atoms with van der Waals surface area (Å²) in [5, 5.41) is 0. The summed E-state index contributed by atoms with van der Waals surface area (Å²) in [5.41, 5.74) is 6.58. The van der Waals surface area contributed by atoms with Gasteiger partial charge in [-0.3, -0.25) is 4.79 Å². The smallest absolute Gasteiger partial charge is 0.242 e. The number of rotatable bonds is 3. The lowest BCUT2D eigenvalue weighted by atomic mass is 10.3. The van der Waals surface area contributed by atoms with Crippen molar-refractivity contribution in [2.45, 2.75) is 25.9 Å². The molecule has 0 unspecified atom stereocenters. The van der Waals surface area contributed by atoms with E-state index in [9.17, 15) is 4.79 Å². The normalized spacial score (nSPS) is 15.9. The Labute approximate surface area is 89.7 Å². The Morgan fingerprint density at radius 2 is 2.13 bits per heavy atom. The largest absolute Gasteiger partial charge is 0.345 e. The molecule has 1 fully saturated rings. The lowest BCUT2D eigenvalue weighted by Crippen LogP contribution is -2.30. The molecular weight excluding hydrogens is 190 g/mol. The van der Waals surface area contributed by atoms with E-state index < -0.39 is 0 Å². The zero-order valence-electron chi connectivity index (χ0n) is 8.85. The molecule has 1 aliphatic rings. The number of likely N-dealkylation sites (tertiary alicyclic amines) is 1. The maximum atomic E-state index is 11.8. The van der Waals surface area contributed by atoms with Crippen molar-refractivity contribution in [3.05, 3.63) is 24.0 Å². The van der Waals surface area contributed by atoms with Gasteiger partial charge in [-0.1, -0.05) is 0 Å². The van der Waals surface area contributed by atoms with Gasteiger partial charge in [0.05, 0.1) is 0 Å². The molecule has 1 saturated heterocycles. The fourth-order valence-electron chi connectivity index (χ4n) is 1.93. The van der Waals surface area contributed by atoms with Crippen molar-refractivity contribution in [2.24, 2.45) is 5.73 Å². The van der Waals surface area contributed by atoms with E-state index in [4.69, 9.17) is 5.73 Å². The first-order chi connectivity index (χ1) is 7.29. The minimum absolute atomic E-state index is 0.215. The topological polar surface area (TPSA) is 51.3 Å². The van der Waals surface area contributed by atoms with Crippen molar-refractivity contribution >= 4 is 5.91 Å². The minimum Gasteiger partial charge on any atom is -0.345 e. The molecule has 1 aliphatic heterocycles. The first-order valence-corrected chi connectivity index (χ1v) is 5.42. The molecule has 1 aromatic rings. The molecule has 2 heterocycles. The van der Waals surface area contributed by atoms with Gasteiger partial charge in [0.2, 0.25) is 5.91 Å². The lowest BCUT2D eigenvalue weighted by molar-refractivity contribution is -0.130. The zero-order chi connectivity index (χ0) is 10.7. The molecular formula is C11H17N3O. The summed E-state index contributed by atoms with van der Waals surface area (Å²) >= 11 is 0. The van der Waals surface area contributed by atoms with Crippen LogP contribution in [0.4, 0.5) is 0 Å². The van der Waals surface area contributed by atoms with Crippen LogP contribution < -0.4 is 5.73 Å². The number of hydrogen-bond donors (Lipinski definition) is 1. The molecule has 0 spiro atoms. The molecule has 0 aromatic carbocycles. The second-order valence-corrected chi connectivity index (χ2v) is 3.98. The summed E-state index contributed by atoms with van der Waals surface area (Å²) in [4.78, 5) is 13.7. The first-order valence-electron chi connectivity index (χ1n) is 5.42. The van der Waals surface area contributed by atoms with Gasteiger partial charge in [-0.15, -0.1) is 0 Å². The van der Waals surface area contributed by atoms with E-state index in [1.165, 1.54) is 0 Å². The molecule has 4 nitrogen and oxygen atoms in total. The van der Waals surface area contributed by atoms with E-state index in [2.05, 4.69) is 0 Å². The molecule has 0 atom stereocenters. The average molecular weight is 207 g/mol. The Morgan fingerprint density at radius 3 is 2.73 bits per heavy atom. The number of carbonyl (C=O) groups is 1. The fraction of sp³-hybridized carbons (Fsp3) is 0.545. The monoisotopic (exact) mass is 207 g/mol. The van der Waals surface area contributed by atoms with Crippen molar-refractivity contribution in [3.63, 3.8) is 0 Å². The van der Waals surface area contributed by atoms with Crippen molar-refractivity contribution in [1.29, 1.82) is 0 Å². The van der Waals surface area contributed by atoms with E-state index in [1.54, 1.807) is 0 Å². The second-order valence-electron chi connectivity index (χ2n) is 3.98. The maximum absolute atomic E-state index is 11.8. The highest BCUT2D eigenvalue weighted by Crippen LogP contribution is 2.09. The molecule has 2 N–H and O–H groups in total. The Kier molecular flexibility index (Phi) is 3.06. The number of amides is 1. The fourth-order valence-corrected chi connectivity index (χ4v) is 1.93. The second kappa shape index (κ2) is 4.49. The standard InChI is InChI=1S/C11H17N3O/c12-7-10-3-6-13(8-10)9-11(15)14-4-1-2-5-14/h3,6,8H,1-2,4-5,7,9,12H2. The molecule has 2 rings (SSSR count). The number of nitrogens with zero attached hydrogens (tertiary/aromatic N) is 2. The number of hydrogen-bond acceptors (Lipinski definition) is 2. The summed E-state index contributed by atoms with van der Waals surface area (Å²) < 4.78 is 1.91. The first kappa shape index (κ1) is 10.2. The van der Waals surface area contributed by atoms with Crippen LogP contribution in [0.25, 0.3) is 0 Å². The minimum atomic E-state index is 0.215. The molecule has 15 heavy (non-hydrogen) atoms. The van der Waals surface area contributed by atoms with Crippen LogP contribution in [0.2, 0.25) is 0 Å². The third-order valence-electron chi connectivity index (χ3n) is 2.82. The molecule has 0 saturated carbocycles. The lowest BCUT2D eigenvalue weighted by Gasteiger charge is -2.15. The summed E-state index contributed by atoms with van der Waals surface area (Å²) in [6, 6.07) is 1.96. The van der Waals surface area contributed by atoms with Crippen LogP contribution in [0.1, 0.15) is 18.4 Å². The summed E-state index contributed by atoms with van der Waals surface area (Å²) in [6.07, 6.45) is 6.14. The molecule has 4 heteroatoms. The van der Waals surface area contributed by atoms with Gasteiger partial charge in [0, 0.05) is 32.0 Å². The molecule has 0 aliphatic carbocycles. The molecule has 1 amide bonds. The van der Waals surface area contributed by atoms with E-state index in [1.807, 2.05) is 27.9 Å². The van der Waals surface area contributed by atoms with Gasteiger partial charge in [-0.05, 0) is 24.5 Å². The van der Waals surface area contributed by atoms with Crippen LogP contribution in [-0.2, 0) is 17.9 Å². The van der Waals surface area contributed by atoms with E-state index in [0.29, 0.717) is 13.1 Å². The molecule has 0 bridgehead atoms. The van der Waals surface area contributed by atoms with E-state index >= 15 is 0 Å². The van der Waals surface area contributed by atoms with Crippen molar-refractivity contribution in [2.75, 3.05) is 13.1 Å². The highest BCUT2D eigenvalue weighted by molar-refractivity contribution is 5.76. The SMILES string of the molecule is NCc1ccn(CC(=O)N2CCCC2)c1. The quantitative estimate of drug-likeness (QED) is 0.787. The highest BCUT2D eigenvalue weighted by Gasteiger charge is 2.17.